The average molecular weight is 330 g/mol. The van der Waals surface area contributed by atoms with E-state index in [4.69, 9.17) is 9.47 Å². The maximum atomic E-state index is 12.1. The maximum absolute atomic E-state index is 12.1. The van der Waals surface area contributed by atoms with Crippen LogP contribution in [0.4, 0.5) is 0 Å². The molecule has 1 aliphatic rings. The van der Waals surface area contributed by atoms with Crippen molar-refractivity contribution >= 4 is 16.8 Å². The molecular formula is C19H26N2O3. The van der Waals surface area contributed by atoms with Crippen molar-refractivity contribution in [3.63, 3.8) is 0 Å². The van der Waals surface area contributed by atoms with Gasteiger partial charge in [0.25, 0.3) is 0 Å². The normalized spacial score (nSPS) is 17.9. The first kappa shape index (κ1) is 17.0. The lowest BCUT2D eigenvalue weighted by Gasteiger charge is -2.26. The molecule has 2 heterocycles. The highest BCUT2D eigenvalue weighted by atomic mass is 16.7. The van der Waals surface area contributed by atoms with Crippen molar-refractivity contribution in [3.8, 4) is 0 Å². The van der Waals surface area contributed by atoms with Gasteiger partial charge in [0.1, 0.15) is 0 Å². The molecule has 0 unspecified atom stereocenters. The summed E-state index contributed by atoms with van der Waals surface area (Å²) in [6.45, 7) is 6.03. The zero-order valence-corrected chi connectivity index (χ0v) is 14.4. The Morgan fingerprint density at radius 1 is 1.33 bits per heavy atom. The summed E-state index contributed by atoms with van der Waals surface area (Å²) in [4.78, 5) is 15.4. The summed E-state index contributed by atoms with van der Waals surface area (Å²) < 4.78 is 11.2. The fraction of sp³-hybridized carbons (Fsp3) is 0.526. The lowest BCUT2D eigenvalue weighted by molar-refractivity contribution is -0.154. The molecule has 2 N–H and O–H groups in total. The molecule has 1 saturated heterocycles. The van der Waals surface area contributed by atoms with E-state index in [1.54, 1.807) is 0 Å². The largest absolute Gasteiger partial charge is 0.361 e. The molecule has 1 aliphatic heterocycles. The minimum atomic E-state index is -0.492. The van der Waals surface area contributed by atoms with Gasteiger partial charge in [-0.25, -0.2) is 0 Å². The van der Waals surface area contributed by atoms with Crippen LogP contribution in [0.25, 0.3) is 10.9 Å². The van der Waals surface area contributed by atoms with Crippen molar-refractivity contribution in [1.82, 2.24) is 10.3 Å². The summed E-state index contributed by atoms with van der Waals surface area (Å²) in [6.07, 6.45) is 4.03. The van der Waals surface area contributed by atoms with Gasteiger partial charge in [-0.3, -0.25) is 4.79 Å². The molecule has 24 heavy (non-hydrogen) atoms. The van der Waals surface area contributed by atoms with Crippen LogP contribution < -0.4 is 5.32 Å². The van der Waals surface area contributed by atoms with Crippen molar-refractivity contribution in [1.29, 1.82) is 0 Å². The van der Waals surface area contributed by atoms with E-state index in [9.17, 15) is 4.79 Å². The van der Waals surface area contributed by atoms with E-state index in [1.165, 1.54) is 10.9 Å². The number of hydrogen-bond acceptors (Lipinski definition) is 3. The number of aryl methyl sites for hydroxylation is 1. The van der Waals surface area contributed by atoms with Crippen molar-refractivity contribution in [2.24, 2.45) is 5.92 Å². The van der Waals surface area contributed by atoms with E-state index in [-0.39, 0.29) is 5.91 Å². The lowest BCUT2D eigenvalue weighted by atomic mass is 10.0. The van der Waals surface area contributed by atoms with Crippen LogP contribution in [0.1, 0.15) is 32.3 Å². The van der Waals surface area contributed by atoms with Crippen LogP contribution in [-0.2, 0) is 20.7 Å². The first-order valence-corrected chi connectivity index (χ1v) is 8.65. The number of para-hydroxylation sites is 1. The Morgan fingerprint density at radius 3 is 2.88 bits per heavy atom. The predicted molar refractivity (Wildman–Crippen MR) is 93.7 cm³/mol. The van der Waals surface area contributed by atoms with Gasteiger partial charge in [-0.05, 0) is 30.9 Å². The maximum Gasteiger partial charge on any atom is 0.220 e. The zero-order valence-electron chi connectivity index (χ0n) is 14.4. The van der Waals surface area contributed by atoms with Gasteiger partial charge in [0, 0.05) is 36.5 Å². The first-order valence-electron chi connectivity index (χ1n) is 8.65. The second-order valence-corrected chi connectivity index (χ2v) is 6.80. The van der Waals surface area contributed by atoms with Gasteiger partial charge < -0.3 is 19.8 Å². The molecule has 0 aliphatic carbocycles. The second-order valence-electron chi connectivity index (χ2n) is 6.80. The van der Waals surface area contributed by atoms with E-state index in [1.807, 2.05) is 31.3 Å². The summed E-state index contributed by atoms with van der Waals surface area (Å²) >= 11 is 0. The molecule has 0 spiro atoms. The highest BCUT2D eigenvalue weighted by Crippen LogP contribution is 2.26. The molecule has 1 aromatic carbocycles. The fourth-order valence-corrected chi connectivity index (χ4v) is 3.34. The molecule has 5 nitrogen and oxygen atoms in total. The summed E-state index contributed by atoms with van der Waals surface area (Å²) in [5.74, 6) is -0.0931. The smallest absolute Gasteiger partial charge is 0.220 e. The van der Waals surface area contributed by atoms with Gasteiger partial charge in [0.05, 0.1) is 13.2 Å². The average Bonchev–Trinajstić information content (AvgIpc) is 3.17. The number of hydrogen-bond donors (Lipinski definition) is 2. The molecule has 1 atom stereocenters. The van der Waals surface area contributed by atoms with E-state index in [0.717, 1.165) is 18.4 Å². The van der Waals surface area contributed by atoms with Crippen LogP contribution in [0.2, 0.25) is 0 Å². The minimum absolute atomic E-state index is 0.0885. The third-order valence-electron chi connectivity index (χ3n) is 4.56. The first-order chi connectivity index (χ1) is 11.6. The molecule has 5 heteroatoms. The van der Waals surface area contributed by atoms with Crippen LogP contribution in [0.3, 0.4) is 0 Å². The highest BCUT2D eigenvalue weighted by Gasteiger charge is 2.32. The Bertz CT molecular complexity index is 689. The molecule has 2 aromatic rings. The van der Waals surface area contributed by atoms with Crippen molar-refractivity contribution in [3.05, 3.63) is 36.0 Å². The molecule has 0 bridgehead atoms. The quantitative estimate of drug-likeness (QED) is 0.820. The lowest BCUT2D eigenvalue weighted by Crippen LogP contribution is -2.34. The Morgan fingerprint density at radius 2 is 2.08 bits per heavy atom. The van der Waals surface area contributed by atoms with E-state index in [0.29, 0.717) is 32.1 Å². The number of nitrogens with one attached hydrogen (secondary N) is 2. The van der Waals surface area contributed by atoms with E-state index >= 15 is 0 Å². The molecule has 130 valence electrons. The Kier molecular flexibility index (Phi) is 5.21. The predicted octanol–water partition coefficient (Wildman–Crippen LogP) is 3.01. The number of fused-ring (bicyclic) bond motifs is 1. The molecule has 1 amide bonds. The molecule has 0 radical (unpaired) electrons. The third-order valence-corrected chi connectivity index (χ3v) is 4.56. The van der Waals surface area contributed by atoms with Crippen molar-refractivity contribution < 1.29 is 14.3 Å². The van der Waals surface area contributed by atoms with Gasteiger partial charge in [0.15, 0.2) is 5.79 Å². The molecular weight excluding hydrogens is 304 g/mol. The number of aromatic nitrogens is 1. The van der Waals surface area contributed by atoms with Crippen LogP contribution in [0, 0.1) is 5.92 Å². The van der Waals surface area contributed by atoms with Crippen LogP contribution >= 0.6 is 0 Å². The van der Waals surface area contributed by atoms with Crippen LogP contribution in [-0.4, -0.2) is 36.4 Å². The van der Waals surface area contributed by atoms with Crippen molar-refractivity contribution in [2.75, 3.05) is 19.8 Å². The van der Waals surface area contributed by atoms with E-state index in [2.05, 4.69) is 23.3 Å². The Labute approximate surface area is 142 Å². The number of carbonyl (C=O) groups is 1. The van der Waals surface area contributed by atoms with Crippen LogP contribution in [0.15, 0.2) is 30.5 Å². The zero-order chi connectivity index (χ0) is 17.0. The number of ether oxygens (including phenoxy) is 2. The Balaban J connectivity index is 1.42. The van der Waals surface area contributed by atoms with Crippen LogP contribution in [0.5, 0.6) is 0 Å². The number of H-pyrrole nitrogens is 1. The summed E-state index contributed by atoms with van der Waals surface area (Å²) in [5.41, 5.74) is 2.31. The summed E-state index contributed by atoms with van der Waals surface area (Å²) in [7, 11) is 0. The number of carbonyl (C=O) groups excluding carboxylic acids is 1. The molecule has 1 fully saturated rings. The van der Waals surface area contributed by atoms with Gasteiger partial charge in [-0.2, -0.15) is 0 Å². The minimum Gasteiger partial charge on any atom is -0.361 e. The third kappa shape index (κ3) is 4.16. The monoisotopic (exact) mass is 330 g/mol. The molecule has 3 rings (SSSR count). The highest BCUT2D eigenvalue weighted by molar-refractivity contribution is 5.84. The summed E-state index contributed by atoms with van der Waals surface area (Å²) in [6, 6.07) is 8.17. The van der Waals surface area contributed by atoms with Gasteiger partial charge in [-0.15, -0.1) is 0 Å². The van der Waals surface area contributed by atoms with Crippen molar-refractivity contribution in [2.45, 2.75) is 38.9 Å². The number of aromatic amines is 1. The van der Waals surface area contributed by atoms with Gasteiger partial charge >= 0.3 is 0 Å². The SMILES string of the molecule is C[C@@H](CNC(=O)CCc1c[nH]c2ccccc12)CC1(C)OCCO1. The standard InChI is InChI=1S/C19H26N2O3/c1-14(11-19(2)23-9-10-24-19)12-21-18(22)8-7-15-13-20-17-6-4-3-5-16(15)17/h3-6,13-14,20H,7-12H2,1-2H3,(H,21,22)/t14-/m1/s1. The number of amides is 1. The second kappa shape index (κ2) is 7.36. The van der Waals surface area contributed by atoms with Gasteiger partial charge in [-0.1, -0.05) is 25.1 Å². The number of benzene rings is 1. The fourth-order valence-electron chi connectivity index (χ4n) is 3.34. The molecule has 1 aromatic heterocycles. The Hall–Kier alpha value is -1.85. The topological polar surface area (TPSA) is 63.4 Å². The molecule has 0 saturated carbocycles. The number of rotatable bonds is 7. The van der Waals surface area contributed by atoms with E-state index < -0.39 is 5.79 Å². The van der Waals surface area contributed by atoms with Gasteiger partial charge in [0.2, 0.25) is 5.91 Å². The summed E-state index contributed by atoms with van der Waals surface area (Å²) in [5, 5.41) is 4.22.